The lowest BCUT2D eigenvalue weighted by Crippen LogP contribution is -2.39. The zero-order valence-electron chi connectivity index (χ0n) is 18.5. The molecule has 0 spiro atoms. The van der Waals surface area contributed by atoms with Crippen LogP contribution in [-0.2, 0) is 29.0 Å². The number of aryl methyl sites for hydroxylation is 1. The molecule has 3 amide bonds. The van der Waals surface area contributed by atoms with Crippen LogP contribution in [-0.4, -0.2) is 58.1 Å². The fraction of sp³-hybridized carbons (Fsp3) is 0.727. The third-order valence-electron chi connectivity index (χ3n) is 6.01. The van der Waals surface area contributed by atoms with Crippen LogP contribution in [0.15, 0.2) is 0 Å². The second-order valence-corrected chi connectivity index (χ2v) is 8.91. The summed E-state index contributed by atoms with van der Waals surface area (Å²) in [4.78, 5) is 38.9. The Bertz CT molecular complexity index is 786. The van der Waals surface area contributed by atoms with E-state index in [2.05, 4.69) is 29.6 Å². The van der Waals surface area contributed by atoms with Crippen LogP contribution >= 0.6 is 0 Å². The van der Waals surface area contributed by atoms with Crippen molar-refractivity contribution in [1.29, 1.82) is 0 Å². The van der Waals surface area contributed by atoms with Gasteiger partial charge in [0.2, 0.25) is 11.8 Å². The largest absolute Gasteiger partial charge is 0.353 e. The molecule has 1 aliphatic heterocycles. The van der Waals surface area contributed by atoms with E-state index in [0.29, 0.717) is 56.9 Å². The van der Waals surface area contributed by atoms with Gasteiger partial charge in [0.15, 0.2) is 5.69 Å². The summed E-state index contributed by atoms with van der Waals surface area (Å²) in [6, 6.07) is 0.0216. The standard InChI is InChI=1S/C22H35N5O3/c1-15(2)9-13-27-19-8-7-17-14-18(19)21(25-27)22(30)23-10-5-12-26(16(3)28)11-4-6-20(29)24-17/h15,17H,4-14H2,1-3H3,(H,23,30)(H,24,29). The second-order valence-electron chi connectivity index (χ2n) is 8.91. The predicted octanol–water partition coefficient (Wildman–Crippen LogP) is 1.66. The summed E-state index contributed by atoms with van der Waals surface area (Å²) in [5.41, 5.74) is 2.61. The van der Waals surface area contributed by atoms with Crippen LogP contribution in [0.2, 0.25) is 0 Å². The normalized spacial score (nSPS) is 20.9. The van der Waals surface area contributed by atoms with Crippen LogP contribution in [0.25, 0.3) is 0 Å². The minimum Gasteiger partial charge on any atom is -0.353 e. The summed E-state index contributed by atoms with van der Waals surface area (Å²) in [7, 11) is 0. The molecule has 1 aromatic heterocycles. The van der Waals surface area contributed by atoms with Crippen molar-refractivity contribution in [2.75, 3.05) is 19.6 Å². The molecule has 1 atom stereocenters. The first-order valence-corrected chi connectivity index (χ1v) is 11.3. The molecule has 1 aliphatic carbocycles. The number of hydrogen-bond acceptors (Lipinski definition) is 4. The fourth-order valence-corrected chi connectivity index (χ4v) is 4.27. The van der Waals surface area contributed by atoms with E-state index in [9.17, 15) is 14.4 Å². The first-order valence-electron chi connectivity index (χ1n) is 11.3. The van der Waals surface area contributed by atoms with Gasteiger partial charge < -0.3 is 15.5 Å². The van der Waals surface area contributed by atoms with Crippen molar-refractivity contribution < 1.29 is 14.4 Å². The Labute approximate surface area is 178 Å². The van der Waals surface area contributed by atoms with Crippen molar-refractivity contribution in [2.24, 2.45) is 5.92 Å². The lowest BCUT2D eigenvalue weighted by atomic mass is 9.91. The molecular weight excluding hydrogens is 382 g/mol. The number of rotatable bonds is 3. The second kappa shape index (κ2) is 10.1. The highest BCUT2D eigenvalue weighted by atomic mass is 16.2. The Kier molecular flexibility index (Phi) is 7.50. The van der Waals surface area contributed by atoms with Gasteiger partial charge in [0.05, 0.1) is 0 Å². The van der Waals surface area contributed by atoms with Crippen molar-refractivity contribution in [2.45, 2.75) is 78.3 Å². The molecular formula is C22H35N5O3. The molecule has 3 rings (SSSR count). The van der Waals surface area contributed by atoms with Gasteiger partial charge in [-0.1, -0.05) is 13.8 Å². The Balaban J connectivity index is 1.82. The van der Waals surface area contributed by atoms with Gasteiger partial charge in [0.25, 0.3) is 5.91 Å². The van der Waals surface area contributed by atoms with E-state index < -0.39 is 0 Å². The van der Waals surface area contributed by atoms with E-state index in [1.807, 2.05) is 4.68 Å². The highest BCUT2D eigenvalue weighted by Crippen LogP contribution is 2.26. The number of hydrogen-bond donors (Lipinski definition) is 2. The minimum absolute atomic E-state index is 0.00216. The van der Waals surface area contributed by atoms with Crippen LogP contribution < -0.4 is 10.6 Å². The summed E-state index contributed by atoms with van der Waals surface area (Å²) in [5.74, 6) is 0.413. The van der Waals surface area contributed by atoms with Crippen molar-refractivity contribution in [3.63, 3.8) is 0 Å². The van der Waals surface area contributed by atoms with E-state index in [-0.39, 0.29) is 23.8 Å². The predicted molar refractivity (Wildman–Crippen MR) is 114 cm³/mol. The third-order valence-corrected chi connectivity index (χ3v) is 6.01. The van der Waals surface area contributed by atoms with Crippen LogP contribution in [0.4, 0.5) is 0 Å². The van der Waals surface area contributed by atoms with Crippen molar-refractivity contribution >= 4 is 17.7 Å². The molecule has 0 saturated heterocycles. The maximum atomic E-state index is 12.9. The van der Waals surface area contributed by atoms with Crippen molar-refractivity contribution in [3.05, 3.63) is 17.0 Å². The fourth-order valence-electron chi connectivity index (χ4n) is 4.27. The topological polar surface area (TPSA) is 96.3 Å². The monoisotopic (exact) mass is 417 g/mol. The molecule has 2 aliphatic rings. The third kappa shape index (κ3) is 5.61. The zero-order valence-corrected chi connectivity index (χ0v) is 18.5. The summed E-state index contributed by atoms with van der Waals surface area (Å²) < 4.78 is 2.00. The molecule has 2 heterocycles. The van der Waals surface area contributed by atoms with Crippen molar-refractivity contribution in [3.8, 4) is 0 Å². The molecule has 0 saturated carbocycles. The molecule has 0 aromatic carbocycles. The Morgan fingerprint density at radius 3 is 2.70 bits per heavy atom. The number of nitrogens with one attached hydrogen (secondary N) is 2. The molecule has 166 valence electrons. The maximum absolute atomic E-state index is 12.9. The van der Waals surface area contributed by atoms with E-state index in [0.717, 1.165) is 37.1 Å². The molecule has 2 N–H and O–H groups in total. The maximum Gasteiger partial charge on any atom is 0.272 e. The van der Waals surface area contributed by atoms with Crippen molar-refractivity contribution in [1.82, 2.24) is 25.3 Å². The van der Waals surface area contributed by atoms with Gasteiger partial charge in [-0.3, -0.25) is 19.1 Å². The van der Waals surface area contributed by atoms with E-state index in [4.69, 9.17) is 0 Å². The Morgan fingerprint density at radius 1 is 1.20 bits per heavy atom. The summed E-state index contributed by atoms with van der Waals surface area (Å²) >= 11 is 0. The number of nitrogens with zero attached hydrogens (tertiary/aromatic N) is 3. The highest BCUT2D eigenvalue weighted by molar-refractivity contribution is 5.94. The van der Waals surface area contributed by atoms with Crippen LogP contribution in [0.5, 0.6) is 0 Å². The number of amides is 3. The molecule has 8 nitrogen and oxygen atoms in total. The van der Waals surface area contributed by atoms with Gasteiger partial charge in [-0.25, -0.2) is 0 Å². The summed E-state index contributed by atoms with van der Waals surface area (Å²) in [6.07, 6.45) is 5.06. The first-order chi connectivity index (χ1) is 14.3. The summed E-state index contributed by atoms with van der Waals surface area (Å²) in [6.45, 7) is 8.35. The Hall–Kier alpha value is -2.38. The number of aromatic nitrogens is 2. The average molecular weight is 418 g/mol. The van der Waals surface area contributed by atoms with E-state index >= 15 is 0 Å². The highest BCUT2D eigenvalue weighted by Gasteiger charge is 2.30. The van der Waals surface area contributed by atoms with Crippen LogP contribution in [0.3, 0.4) is 0 Å². The lowest BCUT2D eigenvalue weighted by Gasteiger charge is -2.25. The van der Waals surface area contributed by atoms with Gasteiger partial charge in [-0.05, 0) is 44.4 Å². The quantitative estimate of drug-likeness (QED) is 0.782. The number of fused-ring (bicyclic) bond motifs is 1. The SMILES string of the molecule is CC(=O)N1CCCNC(=O)c2nn(CCC(C)C)c3c2CC(CC3)NC(=O)CCC1. The van der Waals surface area contributed by atoms with Gasteiger partial charge in [-0.2, -0.15) is 5.10 Å². The molecule has 1 aromatic rings. The van der Waals surface area contributed by atoms with Gasteiger partial charge in [0, 0.05) is 56.8 Å². The van der Waals surface area contributed by atoms with Gasteiger partial charge >= 0.3 is 0 Å². The molecule has 0 radical (unpaired) electrons. The number of carbonyl (C=O) groups is 3. The van der Waals surface area contributed by atoms with Crippen LogP contribution in [0.1, 0.15) is 74.6 Å². The van der Waals surface area contributed by atoms with E-state index in [1.165, 1.54) is 0 Å². The molecule has 2 bridgehead atoms. The molecule has 1 unspecified atom stereocenters. The Morgan fingerprint density at radius 2 is 1.97 bits per heavy atom. The average Bonchev–Trinajstić information content (AvgIpc) is 3.05. The minimum atomic E-state index is -0.161. The lowest BCUT2D eigenvalue weighted by molar-refractivity contribution is -0.129. The molecule has 0 fully saturated rings. The molecule has 8 heteroatoms. The zero-order chi connectivity index (χ0) is 21.7. The van der Waals surface area contributed by atoms with Gasteiger partial charge in [0.1, 0.15) is 0 Å². The van der Waals surface area contributed by atoms with Crippen LogP contribution in [0, 0.1) is 5.92 Å². The number of carbonyl (C=O) groups excluding carboxylic acids is 3. The molecule has 30 heavy (non-hydrogen) atoms. The smallest absolute Gasteiger partial charge is 0.272 e. The van der Waals surface area contributed by atoms with E-state index in [1.54, 1.807) is 11.8 Å². The first kappa shape index (κ1) is 22.3. The van der Waals surface area contributed by atoms with Gasteiger partial charge in [-0.15, -0.1) is 0 Å². The summed E-state index contributed by atoms with van der Waals surface area (Å²) in [5, 5.41) is 10.8.